The van der Waals surface area contributed by atoms with Gasteiger partial charge in [0.15, 0.2) is 11.5 Å². The number of nitrogens with one attached hydrogen (secondary N) is 3. The lowest BCUT2D eigenvalue weighted by Crippen LogP contribution is -2.26. The van der Waals surface area contributed by atoms with Crippen LogP contribution < -0.4 is 17.8 Å². The Hall–Kier alpha value is -4.28. The quantitative estimate of drug-likeness (QED) is 0.0433. The Labute approximate surface area is 335 Å². The summed E-state index contributed by atoms with van der Waals surface area (Å²) in [6.45, 7) is 12.9. The predicted octanol–water partition coefficient (Wildman–Crippen LogP) is 8.77. The van der Waals surface area contributed by atoms with Gasteiger partial charge in [-0.25, -0.2) is 14.1 Å². The summed E-state index contributed by atoms with van der Waals surface area (Å²) in [6, 6.07) is 11.9. The van der Waals surface area contributed by atoms with Crippen molar-refractivity contribution in [3.63, 3.8) is 0 Å². The van der Waals surface area contributed by atoms with Gasteiger partial charge in [-0.05, 0) is 50.1 Å². The van der Waals surface area contributed by atoms with E-state index < -0.39 is 40.5 Å². The molecule has 0 amide bonds. The number of hydrogen-bond acceptors (Lipinski definition) is 10. The monoisotopic (exact) mass is 814 g/mol. The topological polar surface area (TPSA) is 175 Å². The zero-order valence-corrected chi connectivity index (χ0v) is 35.2. The number of ether oxygens (including phenoxy) is 2. The average Bonchev–Trinajstić information content (AvgIpc) is 3.76. The number of nitrogens with zero attached hydrogens (tertiary/aromatic N) is 3. The van der Waals surface area contributed by atoms with Crippen LogP contribution in [0.5, 0.6) is 11.5 Å². The van der Waals surface area contributed by atoms with Gasteiger partial charge >= 0.3 is 23.2 Å². The van der Waals surface area contributed by atoms with Gasteiger partial charge in [0.05, 0.1) is 36.1 Å². The van der Waals surface area contributed by atoms with E-state index in [4.69, 9.17) is 17.8 Å². The van der Waals surface area contributed by atoms with E-state index in [1.807, 2.05) is 6.07 Å². The molecule has 2 aromatic carbocycles. The molecule has 308 valence electrons. The normalized spacial score (nSPS) is 13.2. The number of benzene rings is 2. The molecule has 0 saturated heterocycles. The summed E-state index contributed by atoms with van der Waals surface area (Å²) in [4.78, 5) is 26.1. The number of hydrogen-bond donors (Lipinski definition) is 3. The van der Waals surface area contributed by atoms with E-state index >= 15 is 0 Å². The van der Waals surface area contributed by atoms with Crippen molar-refractivity contribution in [3.05, 3.63) is 71.2 Å². The zero-order chi connectivity index (χ0) is 40.5. The van der Waals surface area contributed by atoms with Gasteiger partial charge < -0.3 is 17.8 Å². The zero-order valence-electron chi connectivity index (χ0n) is 33.5. The van der Waals surface area contributed by atoms with E-state index in [-0.39, 0.29) is 41.3 Å². The molecule has 4 aromatic rings. The molecule has 0 radical (unpaired) electrons. The Morgan fingerprint density at radius 3 is 1.91 bits per heavy atom. The minimum atomic E-state index is -2.18. The van der Waals surface area contributed by atoms with Gasteiger partial charge in [-0.3, -0.25) is 9.82 Å². The summed E-state index contributed by atoms with van der Waals surface area (Å²) in [5.74, 6) is -0.493. The van der Waals surface area contributed by atoms with Crippen LogP contribution in [0.3, 0.4) is 0 Å². The van der Waals surface area contributed by atoms with Crippen LogP contribution in [0.25, 0.3) is 5.65 Å². The minimum Gasteiger partial charge on any atom is -0.462 e. The number of aromatic nitrogens is 4. The first-order valence-electron chi connectivity index (χ1n) is 19.6. The molecule has 0 aliphatic heterocycles. The number of aromatic amines is 1. The van der Waals surface area contributed by atoms with Crippen LogP contribution in [0.2, 0.25) is 0 Å². The first kappa shape index (κ1) is 44.4. The maximum absolute atomic E-state index is 13.2. The molecule has 0 bridgehead atoms. The summed E-state index contributed by atoms with van der Waals surface area (Å²) < 4.78 is 55.7. The molecule has 56 heavy (non-hydrogen) atoms. The molecule has 3 atom stereocenters. The second-order valence-corrected chi connectivity index (χ2v) is 16.5. The van der Waals surface area contributed by atoms with Gasteiger partial charge in [0.1, 0.15) is 11.5 Å². The molecule has 2 heterocycles. The Bertz CT molecular complexity index is 1860. The molecule has 16 heteroatoms. The fourth-order valence-electron chi connectivity index (χ4n) is 5.73. The van der Waals surface area contributed by atoms with Crippen molar-refractivity contribution in [2.24, 2.45) is 0 Å². The SMILES string of the molecule is CCCCCCCCOC(=O)c1cc(OS(=O)Nc2cccc(OS(=O)NC(C)c3nnc4cc(C(C)(C)C)[nH]n34)c2)cc(C(=O)OCCCCCCCC)c1. The highest BCUT2D eigenvalue weighted by Gasteiger charge is 2.23. The summed E-state index contributed by atoms with van der Waals surface area (Å²) in [6.07, 6.45) is 12.5. The van der Waals surface area contributed by atoms with Crippen molar-refractivity contribution < 1.29 is 35.8 Å². The molecular formula is C40H58N6O8S2. The molecule has 3 unspecified atom stereocenters. The maximum Gasteiger partial charge on any atom is 0.338 e. The van der Waals surface area contributed by atoms with Crippen molar-refractivity contribution in [1.82, 2.24) is 24.5 Å². The second kappa shape index (κ2) is 22.5. The Morgan fingerprint density at radius 2 is 1.32 bits per heavy atom. The fourth-order valence-corrected chi connectivity index (χ4v) is 7.08. The van der Waals surface area contributed by atoms with Gasteiger partial charge in [-0.1, -0.05) is 105 Å². The molecule has 4 rings (SSSR count). The minimum absolute atomic E-state index is 0.00216. The van der Waals surface area contributed by atoms with Gasteiger partial charge in [-0.2, -0.15) is 13.1 Å². The number of carbonyl (C=O) groups is 2. The highest BCUT2D eigenvalue weighted by molar-refractivity contribution is 7.82. The highest BCUT2D eigenvalue weighted by Crippen LogP contribution is 2.25. The first-order chi connectivity index (χ1) is 26.9. The van der Waals surface area contributed by atoms with Crippen LogP contribution in [-0.2, 0) is 37.4 Å². The predicted molar refractivity (Wildman–Crippen MR) is 219 cm³/mol. The summed E-state index contributed by atoms with van der Waals surface area (Å²) in [7, 11) is 0. The van der Waals surface area contributed by atoms with Crippen LogP contribution in [0.1, 0.15) is 157 Å². The van der Waals surface area contributed by atoms with E-state index in [0.29, 0.717) is 17.2 Å². The Morgan fingerprint density at radius 1 is 0.750 bits per heavy atom. The van der Waals surface area contributed by atoms with Gasteiger partial charge in [0.25, 0.3) is 11.3 Å². The standard InChI is InChI=1S/C40H58N6O8S2/c1-7-9-11-13-15-17-22-51-38(47)30-24-31(39(48)52-23-18-16-14-12-10-8-2)26-34(25-30)54-56(50)45-32-20-19-21-33(27-32)53-55(49)44-29(3)37-42-41-36-28-35(40(4,5)6)43-46(36)37/h19-21,24-29,43-45H,7-18,22-23H2,1-6H3. The molecule has 0 aliphatic rings. The van der Waals surface area contributed by atoms with Crippen LogP contribution in [0.15, 0.2) is 48.5 Å². The number of unbranched alkanes of at least 4 members (excludes halogenated alkanes) is 10. The van der Waals surface area contributed by atoms with Crippen LogP contribution in [-0.4, -0.2) is 53.4 Å². The number of rotatable bonds is 25. The molecular weight excluding hydrogens is 757 g/mol. The van der Waals surface area contributed by atoms with Crippen molar-refractivity contribution in [3.8, 4) is 11.5 Å². The van der Waals surface area contributed by atoms with E-state index in [1.165, 1.54) is 37.1 Å². The number of esters is 2. The largest absolute Gasteiger partial charge is 0.462 e. The molecule has 3 N–H and O–H groups in total. The Balaban J connectivity index is 1.36. The number of anilines is 1. The first-order valence-corrected chi connectivity index (χ1v) is 21.8. The van der Waals surface area contributed by atoms with E-state index in [9.17, 15) is 18.0 Å². The third-order valence-corrected chi connectivity index (χ3v) is 10.5. The molecule has 0 fully saturated rings. The van der Waals surface area contributed by atoms with Crippen molar-refractivity contribution in [2.75, 3.05) is 17.9 Å². The lowest BCUT2D eigenvalue weighted by atomic mass is 9.93. The molecule has 0 spiro atoms. The summed E-state index contributed by atoms with van der Waals surface area (Å²) in [5.41, 5.74) is 1.99. The fraction of sp³-hybridized carbons (Fsp3) is 0.550. The lowest BCUT2D eigenvalue weighted by Gasteiger charge is -2.16. The number of carbonyl (C=O) groups excluding carboxylic acids is 2. The molecule has 0 saturated carbocycles. The smallest absolute Gasteiger partial charge is 0.338 e. The van der Waals surface area contributed by atoms with Crippen LogP contribution >= 0.6 is 0 Å². The Kier molecular flexibility index (Phi) is 17.8. The number of H-pyrrole nitrogens is 1. The van der Waals surface area contributed by atoms with Gasteiger partial charge in [-0.15, -0.1) is 10.2 Å². The summed E-state index contributed by atoms with van der Waals surface area (Å²) >= 11 is -4.16. The van der Waals surface area contributed by atoms with Crippen LogP contribution in [0, 0.1) is 0 Å². The van der Waals surface area contributed by atoms with Gasteiger partial charge in [0.2, 0.25) is 0 Å². The van der Waals surface area contributed by atoms with E-state index in [1.54, 1.807) is 29.6 Å². The number of fused-ring (bicyclic) bond motifs is 1. The average molecular weight is 815 g/mol. The maximum atomic E-state index is 13.2. The van der Waals surface area contributed by atoms with Gasteiger partial charge in [0, 0.05) is 23.2 Å². The highest BCUT2D eigenvalue weighted by atomic mass is 32.2. The third-order valence-electron chi connectivity index (χ3n) is 8.91. The lowest BCUT2D eigenvalue weighted by molar-refractivity contribution is 0.0495. The molecule has 0 aliphatic carbocycles. The van der Waals surface area contributed by atoms with Crippen molar-refractivity contribution in [2.45, 2.75) is 130 Å². The van der Waals surface area contributed by atoms with E-state index in [2.05, 4.69) is 59.4 Å². The van der Waals surface area contributed by atoms with E-state index in [0.717, 1.165) is 69.9 Å². The van der Waals surface area contributed by atoms with Crippen molar-refractivity contribution >= 4 is 45.8 Å². The second-order valence-electron chi connectivity index (χ2n) is 14.8. The molecule has 14 nitrogen and oxygen atoms in total. The van der Waals surface area contributed by atoms with Crippen LogP contribution in [0.4, 0.5) is 5.69 Å². The van der Waals surface area contributed by atoms with Crippen molar-refractivity contribution in [1.29, 1.82) is 0 Å². The summed E-state index contributed by atoms with van der Waals surface area (Å²) in [5, 5.41) is 11.7. The third kappa shape index (κ3) is 14.3. The molecule has 2 aromatic heterocycles.